The van der Waals surface area contributed by atoms with E-state index in [4.69, 9.17) is 10.5 Å². The minimum atomic E-state index is 0. The second-order valence-corrected chi connectivity index (χ2v) is 5.59. The summed E-state index contributed by atoms with van der Waals surface area (Å²) in [5, 5.41) is 3.09. The molecule has 1 aliphatic heterocycles. The van der Waals surface area contributed by atoms with E-state index in [0.29, 0.717) is 25.7 Å². The SMILES string of the molecule is C=CCCOCCN=C(N)N1CCN(c2nccs2)CC1.I. The van der Waals surface area contributed by atoms with E-state index < -0.39 is 0 Å². The molecule has 124 valence electrons. The highest BCUT2D eigenvalue weighted by Gasteiger charge is 2.19. The summed E-state index contributed by atoms with van der Waals surface area (Å²) in [5.74, 6) is 0.612. The summed E-state index contributed by atoms with van der Waals surface area (Å²) in [6.07, 6.45) is 4.56. The van der Waals surface area contributed by atoms with Crippen molar-refractivity contribution in [2.75, 3.05) is 50.8 Å². The molecule has 2 N–H and O–H groups in total. The van der Waals surface area contributed by atoms with Gasteiger partial charge >= 0.3 is 0 Å². The molecule has 1 aromatic rings. The van der Waals surface area contributed by atoms with Gasteiger partial charge in [0.1, 0.15) is 0 Å². The summed E-state index contributed by atoms with van der Waals surface area (Å²) >= 11 is 1.67. The molecule has 0 aromatic carbocycles. The van der Waals surface area contributed by atoms with Crippen LogP contribution in [0.1, 0.15) is 6.42 Å². The molecule has 0 saturated carbocycles. The Kier molecular flexibility index (Phi) is 9.41. The van der Waals surface area contributed by atoms with Crippen molar-refractivity contribution >= 4 is 46.4 Å². The highest BCUT2D eigenvalue weighted by Crippen LogP contribution is 2.18. The Morgan fingerprint density at radius 3 is 2.82 bits per heavy atom. The van der Waals surface area contributed by atoms with Crippen LogP contribution in [-0.4, -0.2) is 61.8 Å². The molecule has 1 fully saturated rings. The zero-order valence-electron chi connectivity index (χ0n) is 12.7. The number of hydrogen-bond donors (Lipinski definition) is 1. The molecule has 22 heavy (non-hydrogen) atoms. The number of anilines is 1. The molecule has 2 heterocycles. The molecule has 0 spiro atoms. The van der Waals surface area contributed by atoms with E-state index in [-0.39, 0.29) is 24.0 Å². The Bertz CT molecular complexity index is 446. The fourth-order valence-electron chi connectivity index (χ4n) is 2.09. The number of aliphatic imine (C=N–C) groups is 1. The van der Waals surface area contributed by atoms with Crippen molar-refractivity contribution in [3.8, 4) is 0 Å². The fourth-order valence-corrected chi connectivity index (χ4v) is 2.79. The van der Waals surface area contributed by atoms with E-state index in [2.05, 4.69) is 26.4 Å². The number of rotatable bonds is 7. The van der Waals surface area contributed by atoms with Crippen LogP contribution in [0.4, 0.5) is 5.13 Å². The molecule has 1 saturated heterocycles. The normalized spacial score (nSPS) is 15.5. The lowest BCUT2D eigenvalue weighted by molar-refractivity contribution is 0.146. The van der Waals surface area contributed by atoms with Gasteiger partial charge in [0.05, 0.1) is 19.8 Å². The molecule has 0 radical (unpaired) electrons. The molecule has 2 rings (SSSR count). The van der Waals surface area contributed by atoms with E-state index in [9.17, 15) is 0 Å². The molecular weight excluding hydrogens is 413 g/mol. The first-order valence-electron chi connectivity index (χ1n) is 7.19. The Balaban J connectivity index is 0.00000242. The van der Waals surface area contributed by atoms with Crippen molar-refractivity contribution < 1.29 is 4.74 Å². The highest BCUT2D eigenvalue weighted by atomic mass is 127. The number of halogens is 1. The third-order valence-electron chi connectivity index (χ3n) is 3.27. The van der Waals surface area contributed by atoms with Crippen LogP contribution in [0.15, 0.2) is 29.2 Å². The van der Waals surface area contributed by atoms with Crippen molar-refractivity contribution in [1.82, 2.24) is 9.88 Å². The van der Waals surface area contributed by atoms with E-state index in [1.165, 1.54) is 0 Å². The van der Waals surface area contributed by atoms with Crippen LogP contribution in [0.25, 0.3) is 0 Å². The average molecular weight is 437 g/mol. The first-order valence-corrected chi connectivity index (χ1v) is 8.07. The third-order valence-corrected chi connectivity index (χ3v) is 4.10. The van der Waals surface area contributed by atoms with Crippen LogP contribution in [0.2, 0.25) is 0 Å². The molecule has 0 atom stereocenters. The van der Waals surface area contributed by atoms with Gasteiger partial charge in [0, 0.05) is 37.8 Å². The molecule has 0 aliphatic carbocycles. The van der Waals surface area contributed by atoms with E-state index in [1.54, 1.807) is 11.3 Å². The Morgan fingerprint density at radius 1 is 1.41 bits per heavy atom. The monoisotopic (exact) mass is 437 g/mol. The van der Waals surface area contributed by atoms with Gasteiger partial charge in [-0.3, -0.25) is 4.99 Å². The van der Waals surface area contributed by atoms with Crippen LogP contribution in [0.5, 0.6) is 0 Å². The second-order valence-electron chi connectivity index (χ2n) is 4.72. The summed E-state index contributed by atoms with van der Waals surface area (Å²) < 4.78 is 5.41. The number of nitrogens with two attached hydrogens (primary N) is 1. The van der Waals surface area contributed by atoms with Crippen molar-refractivity contribution in [2.24, 2.45) is 10.7 Å². The van der Waals surface area contributed by atoms with Crippen LogP contribution in [0.3, 0.4) is 0 Å². The first kappa shape index (κ1) is 19.2. The van der Waals surface area contributed by atoms with E-state index in [1.807, 2.05) is 17.7 Å². The second kappa shape index (κ2) is 10.8. The zero-order valence-corrected chi connectivity index (χ0v) is 15.8. The van der Waals surface area contributed by atoms with Crippen molar-refractivity contribution in [2.45, 2.75) is 6.42 Å². The minimum Gasteiger partial charge on any atom is -0.379 e. The highest BCUT2D eigenvalue weighted by molar-refractivity contribution is 14.0. The van der Waals surface area contributed by atoms with Gasteiger partial charge in [-0.15, -0.1) is 41.9 Å². The quantitative estimate of drug-likeness (QED) is 0.232. The largest absolute Gasteiger partial charge is 0.379 e. The number of ether oxygens (including phenoxy) is 1. The summed E-state index contributed by atoms with van der Waals surface area (Å²) in [5.41, 5.74) is 6.03. The predicted octanol–water partition coefficient (Wildman–Crippen LogP) is 1.79. The maximum Gasteiger partial charge on any atom is 0.191 e. The molecule has 1 aromatic heterocycles. The molecule has 1 aliphatic rings. The van der Waals surface area contributed by atoms with Gasteiger partial charge in [0.25, 0.3) is 0 Å². The van der Waals surface area contributed by atoms with Crippen molar-refractivity contribution in [1.29, 1.82) is 0 Å². The lowest BCUT2D eigenvalue weighted by Gasteiger charge is -2.35. The average Bonchev–Trinajstić information content (AvgIpc) is 3.05. The van der Waals surface area contributed by atoms with Gasteiger partial charge in [0.2, 0.25) is 0 Å². The Hall–Kier alpha value is -0.870. The van der Waals surface area contributed by atoms with Crippen LogP contribution in [0, 0.1) is 0 Å². The van der Waals surface area contributed by atoms with Crippen LogP contribution < -0.4 is 10.6 Å². The van der Waals surface area contributed by atoms with Gasteiger partial charge in [-0.1, -0.05) is 6.08 Å². The summed E-state index contributed by atoms with van der Waals surface area (Å²) in [7, 11) is 0. The number of nitrogens with zero attached hydrogens (tertiary/aromatic N) is 4. The zero-order chi connectivity index (χ0) is 14.9. The standard InChI is InChI=1S/C14H23N5OS.HI/c1-2-3-10-20-11-4-16-13(15)18-6-8-19(9-7-18)14-17-5-12-21-14;/h2,5,12H,1,3-4,6-11H2,(H2,15,16);1H. The first-order chi connectivity index (χ1) is 10.3. The van der Waals surface area contributed by atoms with Crippen LogP contribution >= 0.6 is 35.3 Å². The summed E-state index contributed by atoms with van der Waals surface area (Å²) in [4.78, 5) is 13.1. The lowest BCUT2D eigenvalue weighted by atomic mass is 10.3. The van der Waals surface area contributed by atoms with Gasteiger partial charge < -0.3 is 20.3 Å². The molecule has 0 amide bonds. The molecule has 8 heteroatoms. The van der Waals surface area contributed by atoms with Crippen molar-refractivity contribution in [3.05, 3.63) is 24.2 Å². The Labute approximate surface area is 153 Å². The molecular formula is C14H24IN5OS. The minimum absolute atomic E-state index is 0. The lowest BCUT2D eigenvalue weighted by Crippen LogP contribution is -2.51. The molecule has 0 bridgehead atoms. The smallest absolute Gasteiger partial charge is 0.191 e. The maximum absolute atomic E-state index is 6.03. The number of thiazole rings is 1. The van der Waals surface area contributed by atoms with Gasteiger partial charge in [-0.25, -0.2) is 4.98 Å². The fraction of sp³-hybridized carbons (Fsp3) is 0.571. The number of guanidine groups is 1. The number of piperazine rings is 1. The number of hydrogen-bond acceptors (Lipinski definition) is 5. The maximum atomic E-state index is 6.03. The Morgan fingerprint density at radius 2 is 2.18 bits per heavy atom. The van der Waals surface area contributed by atoms with Crippen molar-refractivity contribution in [3.63, 3.8) is 0 Å². The van der Waals surface area contributed by atoms with E-state index in [0.717, 1.165) is 37.7 Å². The predicted molar refractivity (Wildman–Crippen MR) is 103 cm³/mol. The molecule has 6 nitrogen and oxygen atoms in total. The number of aromatic nitrogens is 1. The van der Waals surface area contributed by atoms with Gasteiger partial charge in [0.15, 0.2) is 11.1 Å². The van der Waals surface area contributed by atoms with Crippen LogP contribution in [-0.2, 0) is 4.74 Å². The molecule has 0 unspecified atom stereocenters. The van der Waals surface area contributed by atoms with E-state index >= 15 is 0 Å². The summed E-state index contributed by atoms with van der Waals surface area (Å²) in [6.45, 7) is 9.18. The third kappa shape index (κ3) is 6.09. The van der Waals surface area contributed by atoms with Gasteiger partial charge in [-0.2, -0.15) is 0 Å². The topological polar surface area (TPSA) is 67.0 Å². The van der Waals surface area contributed by atoms with Gasteiger partial charge in [-0.05, 0) is 6.42 Å². The summed E-state index contributed by atoms with van der Waals surface area (Å²) in [6, 6.07) is 0.